The standard InChI is InChI=1S/C17H17FN4O5S/c18-15-4-2-1-3-13(15)12-19-20-16-6-5-14(22(23)24)11-17(16)28(25,26)21-7-9-27-10-8-21/h1-6,11-12,20H,7-10H2/b19-12-. The van der Waals surface area contributed by atoms with Crippen molar-refractivity contribution in [2.45, 2.75) is 4.90 Å². The van der Waals surface area contributed by atoms with Crippen molar-refractivity contribution >= 4 is 27.6 Å². The van der Waals surface area contributed by atoms with E-state index in [2.05, 4.69) is 10.5 Å². The largest absolute Gasteiger partial charge is 0.379 e. The summed E-state index contributed by atoms with van der Waals surface area (Å²) in [6, 6.07) is 9.33. The highest BCUT2D eigenvalue weighted by atomic mass is 32.2. The number of nitro groups is 1. The van der Waals surface area contributed by atoms with Crippen LogP contribution in [0.15, 0.2) is 52.5 Å². The Morgan fingerprint density at radius 1 is 1.21 bits per heavy atom. The molecule has 1 saturated heterocycles. The Bertz CT molecular complexity index is 1010. The summed E-state index contributed by atoms with van der Waals surface area (Å²) in [5.41, 5.74) is 2.43. The molecule has 2 aromatic rings. The van der Waals surface area contributed by atoms with E-state index < -0.39 is 20.8 Å². The molecule has 28 heavy (non-hydrogen) atoms. The van der Waals surface area contributed by atoms with Gasteiger partial charge in [-0.2, -0.15) is 9.41 Å². The van der Waals surface area contributed by atoms with Gasteiger partial charge in [0.2, 0.25) is 10.0 Å². The number of sulfonamides is 1. The molecule has 0 saturated carbocycles. The molecule has 0 aliphatic carbocycles. The minimum Gasteiger partial charge on any atom is -0.379 e. The van der Waals surface area contributed by atoms with Gasteiger partial charge in [-0.15, -0.1) is 0 Å². The number of non-ortho nitro benzene ring substituents is 1. The van der Waals surface area contributed by atoms with Gasteiger partial charge in [-0.25, -0.2) is 12.8 Å². The molecule has 1 fully saturated rings. The molecule has 11 heteroatoms. The van der Waals surface area contributed by atoms with Crippen molar-refractivity contribution in [2.75, 3.05) is 31.7 Å². The summed E-state index contributed by atoms with van der Waals surface area (Å²) < 4.78 is 45.9. The number of benzene rings is 2. The molecule has 1 heterocycles. The van der Waals surface area contributed by atoms with E-state index >= 15 is 0 Å². The smallest absolute Gasteiger partial charge is 0.270 e. The Morgan fingerprint density at radius 2 is 1.93 bits per heavy atom. The number of anilines is 1. The predicted octanol–water partition coefficient (Wildman–Crippen LogP) is 2.20. The zero-order valence-corrected chi connectivity index (χ0v) is 15.4. The summed E-state index contributed by atoms with van der Waals surface area (Å²) in [7, 11) is -4.01. The molecule has 1 aliphatic heterocycles. The SMILES string of the molecule is O=[N+]([O-])c1ccc(N/N=C\c2ccccc2F)c(S(=O)(=O)N2CCOCC2)c1. The predicted molar refractivity (Wildman–Crippen MR) is 100 cm³/mol. The first kappa shape index (κ1) is 19.9. The van der Waals surface area contributed by atoms with E-state index in [-0.39, 0.29) is 48.1 Å². The van der Waals surface area contributed by atoms with E-state index in [4.69, 9.17) is 4.74 Å². The van der Waals surface area contributed by atoms with Gasteiger partial charge in [-0.05, 0) is 12.1 Å². The molecule has 2 aromatic carbocycles. The summed E-state index contributed by atoms with van der Waals surface area (Å²) in [6.07, 6.45) is 1.20. The quantitative estimate of drug-likeness (QED) is 0.445. The number of nitrogens with one attached hydrogen (secondary N) is 1. The third-order valence-corrected chi connectivity index (χ3v) is 6.00. The highest BCUT2D eigenvalue weighted by molar-refractivity contribution is 7.89. The normalized spacial score (nSPS) is 15.6. The van der Waals surface area contributed by atoms with Gasteiger partial charge in [0.25, 0.3) is 5.69 Å². The van der Waals surface area contributed by atoms with Crippen molar-refractivity contribution in [1.29, 1.82) is 0 Å². The zero-order chi connectivity index (χ0) is 20.1. The minimum absolute atomic E-state index is 0.0460. The van der Waals surface area contributed by atoms with Gasteiger partial charge in [0.1, 0.15) is 10.7 Å². The van der Waals surface area contributed by atoms with Crippen LogP contribution in [0.2, 0.25) is 0 Å². The van der Waals surface area contributed by atoms with Crippen molar-refractivity contribution in [3.8, 4) is 0 Å². The van der Waals surface area contributed by atoms with Crippen molar-refractivity contribution in [3.63, 3.8) is 0 Å². The zero-order valence-electron chi connectivity index (χ0n) is 14.6. The van der Waals surface area contributed by atoms with Crippen LogP contribution < -0.4 is 5.43 Å². The summed E-state index contributed by atoms with van der Waals surface area (Å²) >= 11 is 0. The Balaban J connectivity index is 1.94. The average molecular weight is 408 g/mol. The number of halogens is 1. The van der Waals surface area contributed by atoms with Gasteiger partial charge in [-0.1, -0.05) is 18.2 Å². The van der Waals surface area contributed by atoms with Gasteiger partial charge in [0, 0.05) is 30.8 Å². The van der Waals surface area contributed by atoms with Gasteiger partial charge in [0.15, 0.2) is 0 Å². The summed E-state index contributed by atoms with van der Waals surface area (Å²) in [4.78, 5) is 10.1. The van der Waals surface area contributed by atoms with Crippen LogP contribution in [-0.4, -0.2) is 50.2 Å². The molecular weight excluding hydrogens is 391 g/mol. The second-order valence-corrected chi connectivity index (χ2v) is 7.75. The van der Waals surface area contributed by atoms with E-state index in [1.807, 2.05) is 0 Å². The molecule has 1 N–H and O–H groups in total. The van der Waals surface area contributed by atoms with Crippen LogP contribution >= 0.6 is 0 Å². The number of hydrogen-bond acceptors (Lipinski definition) is 7. The van der Waals surface area contributed by atoms with Crippen LogP contribution in [0.5, 0.6) is 0 Å². The first-order chi connectivity index (χ1) is 13.4. The third-order valence-electron chi connectivity index (χ3n) is 4.06. The highest BCUT2D eigenvalue weighted by Gasteiger charge is 2.30. The van der Waals surface area contributed by atoms with Crippen LogP contribution in [-0.2, 0) is 14.8 Å². The van der Waals surface area contributed by atoms with Gasteiger partial charge in [0.05, 0.1) is 30.0 Å². The lowest BCUT2D eigenvalue weighted by atomic mass is 10.2. The highest BCUT2D eigenvalue weighted by Crippen LogP contribution is 2.29. The van der Waals surface area contributed by atoms with Crippen LogP contribution in [0.1, 0.15) is 5.56 Å². The van der Waals surface area contributed by atoms with Crippen LogP contribution in [0, 0.1) is 15.9 Å². The third kappa shape index (κ3) is 4.32. The molecule has 1 aliphatic rings. The van der Waals surface area contributed by atoms with Crippen molar-refractivity contribution in [1.82, 2.24) is 4.31 Å². The summed E-state index contributed by atoms with van der Waals surface area (Å²) in [5.74, 6) is -0.488. The number of nitro benzene ring substituents is 1. The monoisotopic (exact) mass is 408 g/mol. The fraction of sp³-hybridized carbons (Fsp3) is 0.235. The second kappa shape index (κ2) is 8.42. The Hall–Kier alpha value is -2.89. The number of rotatable bonds is 6. The van der Waals surface area contributed by atoms with Gasteiger partial charge < -0.3 is 4.74 Å². The van der Waals surface area contributed by atoms with E-state index in [9.17, 15) is 22.9 Å². The molecule has 0 aromatic heterocycles. The lowest BCUT2D eigenvalue weighted by Gasteiger charge is -2.26. The van der Waals surface area contributed by atoms with Crippen LogP contribution in [0.25, 0.3) is 0 Å². The molecule has 0 atom stereocenters. The van der Waals surface area contributed by atoms with E-state index in [0.717, 1.165) is 6.07 Å². The molecule has 0 radical (unpaired) electrons. The Morgan fingerprint density at radius 3 is 2.61 bits per heavy atom. The minimum atomic E-state index is -4.01. The first-order valence-electron chi connectivity index (χ1n) is 8.29. The maximum atomic E-state index is 13.7. The number of morpholine rings is 1. The van der Waals surface area contributed by atoms with Gasteiger partial charge >= 0.3 is 0 Å². The lowest BCUT2D eigenvalue weighted by molar-refractivity contribution is -0.385. The number of hydrazone groups is 1. The molecule has 9 nitrogen and oxygen atoms in total. The number of hydrogen-bond donors (Lipinski definition) is 1. The molecule has 3 rings (SSSR count). The average Bonchev–Trinajstić information content (AvgIpc) is 2.70. The number of nitrogens with zero attached hydrogens (tertiary/aromatic N) is 3. The molecule has 0 bridgehead atoms. The summed E-state index contributed by atoms with van der Waals surface area (Å²) in [6.45, 7) is 0.761. The van der Waals surface area contributed by atoms with Crippen molar-refractivity contribution < 1.29 is 22.5 Å². The van der Waals surface area contributed by atoms with Crippen molar-refractivity contribution in [3.05, 3.63) is 64.0 Å². The molecule has 0 amide bonds. The molecule has 0 spiro atoms. The molecular formula is C17H17FN4O5S. The fourth-order valence-corrected chi connectivity index (χ4v) is 4.18. The van der Waals surface area contributed by atoms with Gasteiger partial charge in [-0.3, -0.25) is 15.5 Å². The molecule has 0 unspecified atom stereocenters. The van der Waals surface area contributed by atoms with E-state index in [0.29, 0.717) is 0 Å². The fourth-order valence-electron chi connectivity index (χ4n) is 2.61. The maximum Gasteiger partial charge on any atom is 0.270 e. The Kier molecular flexibility index (Phi) is 5.97. The number of ether oxygens (including phenoxy) is 1. The topological polar surface area (TPSA) is 114 Å². The summed E-state index contributed by atoms with van der Waals surface area (Å²) in [5, 5.41) is 15.0. The molecule has 148 valence electrons. The van der Waals surface area contributed by atoms with E-state index in [1.54, 1.807) is 6.07 Å². The van der Waals surface area contributed by atoms with E-state index in [1.165, 1.54) is 40.9 Å². The lowest BCUT2D eigenvalue weighted by Crippen LogP contribution is -2.40. The maximum absolute atomic E-state index is 13.7. The van der Waals surface area contributed by atoms with Crippen molar-refractivity contribution in [2.24, 2.45) is 5.10 Å². The first-order valence-corrected chi connectivity index (χ1v) is 9.73. The Labute approximate surface area is 160 Å². The second-order valence-electron chi connectivity index (χ2n) is 5.85. The van der Waals surface area contributed by atoms with Crippen LogP contribution in [0.3, 0.4) is 0 Å². The van der Waals surface area contributed by atoms with Crippen LogP contribution in [0.4, 0.5) is 15.8 Å².